The number of allylic oxidation sites excluding steroid dienone is 1. The van der Waals surface area contributed by atoms with Gasteiger partial charge in [0.25, 0.3) is 0 Å². The van der Waals surface area contributed by atoms with Gasteiger partial charge in [-0.25, -0.2) is 9.97 Å². The number of pyridine rings is 1. The molecular formula is C21H19N3. The smallest absolute Gasteiger partial charge is 0.131 e. The quantitative estimate of drug-likeness (QED) is 0.690. The molecule has 0 amide bonds. The summed E-state index contributed by atoms with van der Waals surface area (Å²) in [5.74, 6) is 1.65. The third-order valence-corrected chi connectivity index (χ3v) is 5.29. The molecule has 2 aliphatic rings. The van der Waals surface area contributed by atoms with Crippen LogP contribution in [0.25, 0.3) is 16.5 Å². The van der Waals surface area contributed by atoms with E-state index in [0.29, 0.717) is 5.92 Å². The second kappa shape index (κ2) is 5.52. The number of hydrogen-bond acceptors (Lipinski definition) is 3. The fourth-order valence-corrected chi connectivity index (χ4v) is 3.69. The van der Waals surface area contributed by atoms with E-state index in [-0.39, 0.29) is 0 Å². The molecule has 0 unspecified atom stereocenters. The van der Waals surface area contributed by atoms with Crippen LogP contribution in [0.5, 0.6) is 0 Å². The highest BCUT2D eigenvalue weighted by atomic mass is 14.9. The first-order valence-corrected chi connectivity index (χ1v) is 8.80. The maximum absolute atomic E-state index is 4.91. The first-order valence-electron chi connectivity index (χ1n) is 8.80. The van der Waals surface area contributed by atoms with Crippen molar-refractivity contribution in [3.63, 3.8) is 0 Å². The topological polar surface area (TPSA) is 38.7 Å². The highest BCUT2D eigenvalue weighted by Crippen LogP contribution is 2.37. The van der Waals surface area contributed by atoms with E-state index in [4.69, 9.17) is 4.98 Å². The van der Waals surface area contributed by atoms with Gasteiger partial charge in [0, 0.05) is 29.3 Å². The number of benzene rings is 1. The third kappa shape index (κ3) is 2.23. The summed E-state index contributed by atoms with van der Waals surface area (Å²) < 4.78 is 0. The van der Waals surface area contributed by atoms with E-state index < -0.39 is 0 Å². The summed E-state index contributed by atoms with van der Waals surface area (Å²) in [5.41, 5.74) is 5.95. The van der Waals surface area contributed by atoms with E-state index >= 15 is 0 Å². The summed E-state index contributed by atoms with van der Waals surface area (Å²) >= 11 is 0. The lowest BCUT2D eigenvalue weighted by molar-refractivity contribution is 0.400. The molecule has 3 nitrogen and oxygen atoms in total. The zero-order chi connectivity index (χ0) is 15.9. The van der Waals surface area contributed by atoms with Gasteiger partial charge in [0.1, 0.15) is 5.82 Å². The Hall–Kier alpha value is -2.55. The van der Waals surface area contributed by atoms with Crippen LogP contribution >= 0.6 is 0 Å². The van der Waals surface area contributed by atoms with Crippen molar-refractivity contribution in [3.05, 3.63) is 71.4 Å². The fraction of sp³-hybridized carbons (Fsp3) is 0.286. The van der Waals surface area contributed by atoms with Crippen molar-refractivity contribution in [1.29, 1.82) is 0 Å². The van der Waals surface area contributed by atoms with E-state index in [9.17, 15) is 0 Å². The molecule has 1 saturated carbocycles. The number of nitrogens with zero attached hydrogens (tertiary/aromatic N) is 3. The van der Waals surface area contributed by atoms with E-state index in [2.05, 4.69) is 46.5 Å². The second-order valence-corrected chi connectivity index (χ2v) is 6.78. The lowest BCUT2D eigenvalue weighted by Crippen LogP contribution is -2.15. The zero-order valence-corrected chi connectivity index (χ0v) is 13.6. The molecule has 0 bridgehead atoms. The van der Waals surface area contributed by atoms with Crippen LogP contribution in [0.4, 0.5) is 0 Å². The van der Waals surface area contributed by atoms with Crippen molar-refractivity contribution >= 4 is 16.5 Å². The Labute approximate surface area is 141 Å². The molecule has 2 heterocycles. The molecule has 118 valence electrons. The second-order valence-electron chi connectivity index (χ2n) is 6.78. The first-order chi connectivity index (χ1) is 11.9. The Balaban J connectivity index is 1.57. The van der Waals surface area contributed by atoms with E-state index in [0.717, 1.165) is 24.2 Å². The van der Waals surface area contributed by atoms with Crippen LogP contribution in [0.1, 0.15) is 54.2 Å². The highest BCUT2D eigenvalue weighted by Gasteiger charge is 2.24. The minimum absolute atomic E-state index is 0.594. The summed E-state index contributed by atoms with van der Waals surface area (Å²) in [6.07, 6.45) is 12.1. The number of hydrogen-bond donors (Lipinski definition) is 0. The maximum Gasteiger partial charge on any atom is 0.131 e. The molecule has 3 aromatic rings. The molecule has 1 aromatic carbocycles. The predicted molar refractivity (Wildman–Crippen MR) is 95.8 cm³/mol. The molecule has 0 N–H and O–H groups in total. The van der Waals surface area contributed by atoms with Gasteiger partial charge in [-0.15, -0.1) is 0 Å². The van der Waals surface area contributed by atoms with Crippen LogP contribution in [0.2, 0.25) is 0 Å². The van der Waals surface area contributed by atoms with Gasteiger partial charge in [0.15, 0.2) is 0 Å². The Morgan fingerprint density at radius 2 is 2.00 bits per heavy atom. The number of fused-ring (bicyclic) bond motifs is 2. The van der Waals surface area contributed by atoms with Crippen molar-refractivity contribution in [2.75, 3.05) is 0 Å². The van der Waals surface area contributed by atoms with E-state index in [1.54, 1.807) is 0 Å². The van der Waals surface area contributed by atoms with Gasteiger partial charge in [-0.3, -0.25) is 4.98 Å². The average molecular weight is 313 g/mol. The molecule has 0 saturated heterocycles. The molecule has 3 heteroatoms. The van der Waals surface area contributed by atoms with Crippen molar-refractivity contribution in [1.82, 2.24) is 15.0 Å². The number of aryl methyl sites for hydroxylation is 1. The normalized spacial score (nSPS) is 17.2. The van der Waals surface area contributed by atoms with Crippen molar-refractivity contribution in [2.45, 2.75) is 38.0 Å². The monoisotopic (exact) mass is 313 g/mol. The first kappa shape index (κ1) is 13.8. The molecule has 0 atom stereocenters. The largest absolute Gasteiger partial charge is 0.256 e. The van der Waals surface area contributed by atoms with Crippen LogP contribution in [0.15, 0.2) is 48.8 Å². The summed E-state index contributed by atoms with van der Waals surface area (Å²) in [5, 5.41) is 1.18. The van der Waals surface area contributed by atoms with Gasteiger partial charge in [-0.2, -0.15) is 0 Å². The van der Waals surface area contributed by atoms with Crippen LogP contribution in [-0.2, 0) is 6.42 Å². The summed E-state index contributed by atoms with van der Waals surface area (Å²) in [4.78, 5) is 14.0. The van der Waals surface area contributed by atoms with Gasteiger partial charge >= 0.3 is 0 Å². The molecular weight excluding hydrogens is 294 g/mol. The predicted octanol–water partition coefficient (Wildman–Crippen LogP) is 4.67. The molecule has 0 radical (unpaired) electrons. The van der Waals surface area contributed by atoms with Gasteiger partial charge < -0.3 is 0 Å². The highest BCUT2D eigenvalue weighted by molar-refractivity contribution is 5.88. The van der Waals surface area contributed by atoms with Crippen LogP contribution in [0.3, 0.4) is 0 Å². The average Bonchev–Trinajstić information content (AvgIpc) is 2.59. The Morgan fingerprint density at radius 1 is 1.04 bits per heavy atom. The summed E-state index contributed by atoms with van der Waals surface area (Å²) in [6, 6.07) is 10.6. The third-order valence-electron chi connectivity index (χ3n) is 5.29. The summed E-state index contributed by atoms with van der Waals surface area (Å²) in [7, 11) is 0. The lowest BCUT2D eigenvalue weighted by Gasteiger charge is -2.25. The molecule has 2 aliphatic carbocycles. The minimum atomic E-state index is 0.594. The van der Waals surface area contributed by atoms with Gasteiger partial charge in [0.05, 0.1) is 11.2 Å². The number of rotatable bonds is 2. The molecule has 2 aromatic heterocycles. The van der Waals surface area contributed by atoms with Gasteiger partial charge in [0.2, 0.25) is 0 Å². The molecule has 5 rings (SSSR count). The Bertz CT molecular complexity index is 954. The van der Waals surface area contributed by atoms with Gasteiger partial charge in [-0.05, 0) is 55.0 Å². The van der Waals surface area contributed by atoms with Crippen molar-refractivity contribution in [3.8, 4) is 0 Å². The van der Waals surface area contributed by atoms with Crippen molar-refractivity contribution in [2.24, 2.45) is 0 Å². The van der Waals surface area contributed by atoms with Crippen LogP contribution in [0, 0.1) is 0 Å². The van der Waals surface area contributed by atoms with Crippen molar-refractivity contribution < 1.29 is 0 Å². The molecule has 24 heavy (non-hydrogen) atoms. The lowest BCUT2D eigenvalue weighted by atomic mass is 9.84. The number of aromatic nitrogens is 3. The molecule has 0 aliphatic heterocycles. The fourth-order valence-electron chi connectivity index (χ4n) is 3.69. The van der Waals surface area contributed by atoms with E-state index in [1.807, 2.05) is 12.3 Å². The van der Waals surface area contributed by atoms with Crippen LogP contribution in [-0.4, -0.2) is 15.0 Å². The van der Waals surface area contributed by atoms with E-state index in [1.165, 1.54) is 47.0 Å². The van der Waals surface area contributed by atoms with Gasteiger partial charge in [-0.1, -0.05) is 24.6 Å². The Kier molecular flexibility index (Phi) is 3.18. The zero-order valence-electron chi connectivity index (χ0n) is 13.6. The minimum Gasteiger partial charge on any atom is -0.256 e. The standard InChI is InChI=1S/C21H19N3/c1-4-14(5-1)21-23-13-18-17(7-2-8-20(18)24-21)15-9-10-19-16(12-15)6-3-11-22-19/h3,6-7,9-14H,1-2,4-5,8H2. The summed E-state index contributed by atoms with van der Waals surface area (Å²) in [6.45, 7) is 0. The van der Waals surface area contributed by atoms with Crippen LogP contribution < -0.4 is 0 Å². The Morgan fingerprint density at radius 3 is 2.88 bits per heavy atom. The molecule has 0 spiro atoms. The SMILES string of the molecule is C1=C(c2ccc3ncccc3c2)c2cnc(C3CCC3)nc2CC1. The maximum atomic E-state index is 4.91. The molecule has 1 fully saturated rings.